The van der Waals surface area contributed by atoms with Crippen molar-refractivity contribution in [2.24, 2.45) is 0 Å². The highest BCUT2D eigenvalue weighted by molar-refractivity contribution is 4.58. The van der Waals surface area contributed by atoms with Gasteiger partial charge in [0, 0.05) is 6.61 Å². The summed E-state index contributed by atoms with van der Waals surface area (Å²) in [7, 11) is 0. The number of unbranched alkanes of at least 4 members (excludes halogenated alkanes) is 1. The molecule has 0 bridgehead atoms. The largest absolute Gasteiger partial charge is 0.394 e. The van der Waals surface area contributed by atoms with Crippen molar-refractivity contribution in [3.05, 3.63) is 0 Å². The fraction of sp³-hybridized carbons (Fsp3) is 1.00. The van der Waals surface area contributed by atoms with E-state index in [0.29, 0.717) is 6.61 Å². The van der Waals surface area contributed by atoms with E-state index >= 15 is 0 Å². The molecular weight excluding hydrogens is 192 g/mol. The molecule has 15 heavy (non-hydrogen) atoms. The number of rotatable bonds is 10. The van der Waals surface area contributed by atoms with Gasteiger partial charge in [0.05, 0.1) is 25.4 Å². The van der Waals surface area contributed by atoms with Gasteiger partial charge in [-0.2, -0.15) is 0 Å². The lowest BCUT2D eigenvalue weighted by Gasteiger charge is -2.19. The van der Waals surface area contributed by atoms with Crippen LogP contribution in [0.15, 0.2) is 0 Å². The van der Waals surface area contributed by atoms with Crippen molar-refractivity contribution in [1.82, 2.24) is 0 Å². The minimum atomic E-state index is -0.0839. The van der Waals surface area contributed by atoms with Gasteiger partial charge >= 0.3 is 0 Å². The third-order valence-electron chi connectivity index (χ3n) is 2.26. The summed E-state index contributed by atoms with van der Waals surface area (Å²) in [5, 5.41) is 8.83. The van der Waals surface area contributed by atoms with Gasteiger partial charge in [0.25, 0.3) is 0 Å². The average molecular weight is 218 g/mol. The summed E-state index contributed by atoms with van der Waals surface area (Å²) in [4.78, 5) is 0. The minimum Gasteiger partial charge on any atom is -0.394 e. The number of aliphatic hydroxyl groups excluding tert-OH is 1. The van der Waals surface area contributed by atoms with Crippen LogP contribution in [0.4, 0.5) is 0 Å². The Morgan fingerprint density at radius 3 is 2.40 bits per heavy atom. The van der Waals surface area contributed by atoms with Crippen LogP contribution in [0.2, 0.25) is 0 Å². The van der Waals surface area contributed by atoms with Gasteiger partial charge in [-0.1, -0.05) is 26.7 Å². The zero-order valence-corrected chi connectivity index (χ0v) is 10.4. The van der Waals surface area contributed by atoms with E-state index in [1.165, 1.54) is 12.8 Å². The van der Waals surface area contributed by atoms with E-state index < -0.39 is 0 Å². The maximum Gasteiger partial charge on any atom is 0.0808 e. The fourth-order valence-corrected chi connectivity index (χ4v) is 1.26. The fourth-order valence-electron chi connectivity index (χ4n) is 1.26. The van der Waals surface area contributed by atoms with E-state index in [1.54, 1.807) is 0 Å². The van der Waals surface area contributed by atoms with Crippen LogP contribution in [0, 0.1) is 0 Å². The van der Waals surface area contributed by atoms with Crippen LogP contribution < -0.4 is 0 Å². The molecule has 1 N–H and O–H groups in total. The Hall–Kier alpha value is -0.120. The second-order valence-corrected chi connectivity index (χ2v) is 3.96. The van der Waals surface area contributed by atoms with E-state index in [0.717, 1.165) is 19.4 Å². The molecule has 0 heterocycles. The zero-order chi connectivity index (χ0) is 11.5. The molecule has 0 aliphatic carbocycles. The molecule has 92 valence electrons. The first-order valence-electron chi connectivity index (χ1n) is 6.08. The molecule has 0 aromatic carbocycles. The van der Waals surface area contributed by atoms with E-state index in [1.807, 2.05) is 6.92 Å². The summed E-state index contributed by atoms with van der Waals surface area (Å²) in [5.41, 5.74) is 0. The van der Waals surface area contributed by atoms with Crippen LogP contribution in [0.25, 0.3) is 0 Å². The lowest BCUT2D eigenvalue weighted by molar-refractivity contribution is -0.0553. The molecule has 3 nitrogen and oxygen atoms in total. The number of hydrogen-bond acceptors (Lipinski definition) is 3. The van der Waals surface area contributed by atoms with Crippen molar-refractivity contribution in [3.8, 4) is 0 Å². The molecule has 0 radical (unpaired) electrons. The average Bonchev–Trinajstić information content (AvgIpc) is 2.27. The Labute approximate surface area is 93.8 Å². The van der Waals surface area contributed by atoms with Crippen molar-refractivity contribution in [3.63, 3.8) is 0 Å². The quantitative estimate of drug-likeness (QED) is 0.612. The smallest absolute Gasteiger partial charge is 0.0808 e. The molecule has 0 aromatic heterocycles. The van der Waals surface area contributed by atoms with Gasteiger partial charge < -0.3 is 14.6 Å². The predicted octanol–water partition coefficient (Wildman–Crippen LogP) is 2.37. The Morgan fingerprint density at radius 1 is 1.13 bits per heavy atom. The Balaban J connectivity index is 3.67. The van der Waals surface area contributed by atoms with Crippen molar-refractivity contribution in [2.75, 3.05) is 19.8 Å². The van der Waals surface area contributed by atoms with Crippen LogP contribution in [0.3, 0.4) is 0 Å². The van der Waals surface area contributed by atoms with E-state index in [4.69, 9.17) is 14.6 Å². The van der Waals surface area contributed by atoms with E-state index in [-0.39, 0.29) is 18.8 Å². The number of aliphatic hydroxyl groups is 1. The SMILES string of the molecule is CCCCC(COC(C)CO)OCCC. The molecule has 0 fully saturated rings. The monoisotopic (exact) mass is 218 g/mol. The van der Waals surface area contributed by atoms with Gasteiger partial charge in [0.2, 0.25) is 0 Å². The zero-order valence-electron chi connectivity index (χ0n) is 10.4. The third-order valence-corrected chi connectivity index (χ3v) is 2.26. The molecule has 3 heteroatoms. The second kappa shape index (κ2) is 10.4. The number of hydrogen-bond donors (Lipinski definition) is 1. The lowest BCUT2D eigenvalue weighted by Crippen LogP contribution is -2.25. The van der Waals surface area contributed by atoms with Crippen molar-refractivity contribution >= 4 is 0 Å². The molecule has 0 amide bonds. The maximum absolute atomic E-state index is 8.83. The molecule has 0 aliphatic heterocycles. The van der Waals surface area contributed by atoms with E-state index in [2.05, 4.69) is 13.8 Å². The van der Waals surface area contributed by atoms with Gasteiger partial charge in [-0.3, -0.25) is 0 Å². The molecule has 0 aliphatic rings. The summed E-state index contributed by atoms with van der Waals surface area (Å²) in [5.74, 6) is 0. The maximum atomic E-state index is 8.83. The highest BCUT2D eigenvalue weighted by Crippen LogP contribution is 2.07. The van der Waals surface area contributed by atoms with Crippen molar-refractivity contribution < 1.29 is 14.6 Å². The topological polar surface area (TPSA) is 38.7 Å². The Morgan fingerprint density at radius 2 is 1.87 bits per heavy atom. The number of ether oxygens (including phenoxy) is 2. The van der Waals surface area contributed by atoms with Gasteiger partial charge in [-0.05, 0) is 19.8 Å². The first-order valence-corrected chi connectivity index (χ1v) is 6.08. The van der Waals surface area contributed by atoms with Crippen LogP contribution >= 0.6 is 0 Å². The van der Waals surface area contributed by atoms with Crippen LogP contribution in [0.5, 0.6) is 0 Å². The van der Waals surface area contributed by atoms with Gasteiger partial charge in [-0.15, -0.1) is 0 Å². The summed E-state index contributed by atoms with van der Waals surface area (Å²) in [6.45, 7) is 7.63. The standard InChI is InChI=1S/C12H26O3/c1-4-6-7-12(14-8-5-2)10-15-11(3)9-13/h11-13H,4-10H2,1-3H3. The first kappa shape index (κ1) is 14.9. The Kier molecular flexibility index (Phi) is 10.3. The van der Waals surface area contributed by atoms with Gasteiger partial charge in [0.1, 0.15) is 0 Å². The van der Waals surface area contributed by atoms with Crippen molar-refractivity contribution in [1.29, 1.82) is 0 Å². The van der Waals surface area contributed by atoms with Crippen LogP contribution in [0.1, 0.15) is 46.5 Å². The highest BCUT2D eigenvalue weighted by Gasteiger charge is 2.10. The minimum absolute atomic E-state index is 0.0777. The summed E-state index contributed by atoms with van der Waals surface area (Å²) in [6, 6.07) is 0. The van der Waals surface area contributed by atoms with Crippen molar-refractivity contribution in [2.45, 2.75) is 58.7 Å². The molecule has 0 aromatic rings. The molecule has 2 unspecified atom stereocenters. The van der Waals surface area contributed by atoms with Crippen LogP contribution in [-0.4, -0.2) is 37.1 Å². The van der Waals surface area contributed by atoms with Gasteiger partial charge in [0.15, 0.2) is 0 Å². The molecule has 0 saturated carbocycles. The summed E-state index contributed by atoms with van der Waals surface area (Å²) in [6.07, 6.45) is 4.55. The summed E-state index contributed by atoms with van der Waals surface area (Å²) >= 11 is 0. The predicted molar refractivity (Wildman–Crippen MR) is 62.1 cm³/mol. The molecule has 0 saturated heterocycles. The van der Waals surface area contributed by atoms with E-state index in [9.17, 15) is 0 Å². The second-order valence-electron chi connectivity index (χ2n) is 3.96. The normalized spacial score (nSPS) is 15.2. The molecule has 0 rings (SSSR count). The summed E-state index contributed by atoms with van der Waals surface area (Å²) < 4.78 is 11.2. The van der Waals surface area contributed by atoms with Crippen LogP contribution in [-0.2, 0) is 9.47 Å². The molecule has 0 spiro atoms. The lowest BCUT2D eigenvalue weighted by atomic mass is 10.2. The molecule has 2 atom stereocenters. The molecular formula is C12H26O3. The third kappa shape index (κ3) is 8.85. The Bertz CT molecular complexity index is 120. The first-order chi connectivity index (χ1) is 7.24. The van der Waals surface area contributed by atoms with Gasteiger partial charge in [-0.25, -0.2) is 0 Å². The highest BCUT2D eigenvalue weighted by atomic mass is 16.5.